The Hall–Kier alpha value is -1.05. The average molecular weight is 256 g/mol. The molecular formula is C17H24N2. The standard InChI is InChI=1S/C17H24N2/c1-12(19-16-2-4-18-5-3-16)17-9-13-6-14(10-17)8-15(7-13)11-17/h2-5,12-15H,6-11H2,1H3,(H,18,19). The minimum Gasteiger partial charge on any atom is -0.382 e. The Morgan fingerprint density at radius 2 is 1.58 bits per heavy atom. The maximum absolute atomic E-state index is 4.11. The highest BCUT2D eigenvalue weighted by molar-refractivity contribution is 5.42. The van der Waals surface area contributed by atoms with E-state index in [9.17, 15) is 0 Å². The molecule has 4 fully saturated rings. The van der Waals surface area contributed by atoms with Gasteiger partial charge in [0.25, 0.3) is 0 Å². The second kappa shape index (κ2) is 4.22. The Balaban J connectivity index is 1.55. The summed E-state index contributed by atoms with van der Waals surface area (Å²) in [6, 6.07) is 4.79. The number of aromatic nitrogens is 1. The van der Waals surface area contributed by atoms with Gasteiger partial charge in [0, 0.05) is 24.1 Å². The first-order chi connectivity index (χ1) is 9.23. The van der Waals surface area contributed by atoms with Crippen LogP contribution in [0, 0.1) is 23.2 Å². The predicted octanol–water partition coefficient (Wildman–Crippen LogP) is 4.10. The van der Waals surface area contributed by atoms with E-state index in [1.165, 1.54) is 44.2 Å². The van der Waals surface area contributed by atoms with Crippen LogP contribution < -0.4 is 5.32 Å². The van der Waals surface area contributed by atoms with Crippen LogP contribution in [0.4, 0.5) is 5.69 Å². The van der Waals surface area contributed by atoms with Crippen molar-refractivity contribution >= 4 is 5.69 Å². The van der Waals surface area contributed by atoms with Crippen molar-refractivity contribution in [2.24, 2.45) is 23.2 Å². The zero-order valence-corrected chi connectivity index (χ0v) is 11.8. The Labute approximate surface area is 116 Å². The van der Waals surface area contributed by atoms with Gasteiger partial charge in [-0.15, -0.1) is 0 Å². The molecule has 1 unspecified atom stereocenters. The van der Waals surface area contributed by atoms with Crippen LogP contribution in [0.5, 0.6) is 0 Å². The van der Waals surface area contributed by atoms with Gasteiger partial charge in [0.2, 0.25) is 0 Å². The van der Waals surface area contributed by atoms with Gasteiger partial charge in [-0.3, -0.25) is 4.98 Å². The lowest BCUT2D eigenvalue weighted by molar-refractivity contribution is -0.0602. The fourth-order valence-electron chi connectivity index (χ4n) is 5.56. The Bertz CT molecular complexity index is 418. The summed E-state index contributed by atoms with van der Waals surface area (Å²) >= 11 is 0. The summed E-state index contributed by atoms with van der Waals surface area (Å²) in [4.78, 5) is 4.11. The Morgan fingerprint density at radius 1 is 1.05 bits per heavy atom. The summed E-state index contributed by atoms with van der Waals surface area (Å²) in [5.41, 5.74) is 1.82. The van der Waals surface area contributed by atoms with E-state index in [0.29, 0.717) is 11.5 Å². The quantitative estimate of drug-likeness (QED) is 0.880. The van der Waals surface area contributed by atoms with Crippen LogP contribution in [-0.2, 0) is 0 Å². The molecule has 4 aliphatic rings. The van der Waals surface area contributed by atoms with E-state index in [4.69, 9.17) is 0 Å². The van der Waals surface area contributed by atoms with Crippen molar-refractivity contribution in [2.75, 3.05) is 5.32 Å². The first-order valence-corrected chi connectivity index (χ1v) is 7.90. The van der Waals surface area contributed by atoms with Gasteiger partial charge in [0.15, 0.2) is 0 Å². The maximum atomic E-state index is 4.11. The minimum atomic E-state index is 0.581. The van der Waals surface area contributed by atoms with Crippen LogP contribution in [0.25, 0.3) is 0 Å². The largest absolute Gasteiger partial charge is 0.382 e. The molecule has 0 amide bonds. The molecule has 2 nitrogen and oxygen atoms in total. The van der Waals surface area contributed by atoms with Crippen LogP contribution in [-0.4, -0.2) is 11.0 Å². The molecule has 1 atom stereocenters. The Kier molecular flexibility index (Phi) is 2.61. The van der Waals surface area contributed by atoms with E-state index in [-0.39, 0.29) is 0 Å². The molecule has 1 aromatic heterocycles. The van der Waals surface area contributed by atoms with Crippen LogP contribution in [0.2, 0.25) is 0 Å². The molecule has 2 heteroatoms. The molecule has 0 aliphatic heterocycles. The van der Waals surface area contributed by atoms with Crippen LogP contribution in [0.15, 0.2) is 24.5 Å². The molecule has 4 saturated carbocycles. The SMILES string of the molecule is CC(Nc1ccncc1)C12CC3CC(CC(C3)C1)C2. The van der Waals surface area contributed by atoms with Crippen LogP contribution in [0.3, 0.4) is 0 Å². The zero-order valence-electron chi connectivity index (χ0n) is 11.8. The second-order valence-corrected chi connectivity index (χ2v) is 7.38. The first-order valence-electron chi connectivity index (χ1n) is 7.90. The van der Waals surface area contributed by atoms with Crippen molar-refractivity contribution in [1.29, 1.82) is 0 Å². The van der Waals surface area contributed by atoms with Gasteiger partial charge in [-0.1, -0.05) is 0 Å². The van der Waals surface area contributed by atoms with Gasteiger partial charge in [-0.05, 0) is 80.8 Å². The maximum Gasteiger partial charge on any atom is 0.0373 e. The molecule has 5 rings (SSSR count). The van der Waals surface area contributed by atoms with Crippen molar-refractivity contribution in [3.8, 4) is 0 Å². The highest BCUT2D eigenvalue weighted by Gasteiger charge is 2.53. The van der Waals surface area contributed by atoms with Gasteiger partial charge in [0.05, 0.1) is 0 Å². The van der Waals surface area contributed by atoms with E-state index < -0.39 is 0 Å². The fraction of sp³-hybridized carbons (Fsp3) is 0.706. The third kappa shape index (κ3) is 1.96. The normalized spacial score (nSPS) is 41.2. The summed E-state index contributed by atoms with van der Waals surface area (Å²) < 4.78 is 0. The number of nitrogens with zero attached hydrogens (tertiary/aromatic N) is 1. The monoisotopic (exact) mass is 256 g/mol. The van der Waals surface area contributed by atoms with Crippen molar-refractivity contribution in [3.05, 3.63) is 24.5 Å². The molecule has 4 bridgehead atoms. The topological polar surface area (TPSA) is 24.9 Å². The van der Waals surface area contributed by atoms with Crippen LogP contribution in [0.1, 0.15) is 45.4 Å². The van der Waals surface area contributed by atoms with E-state index >= 15 is 0 Å². The summed E-state index contributed by atoms with van der Waals surface area (Å²) in [7, 11) is 0. The van der Waals surface area contributed by atoms with E-state index in [0.717, 1.165) is 17.8 Å². The molecule has 0 aromatic carbocycles. The molecule has 0 radical (unpaired) electrons. The summed E-state index contributed by atoms with van der Waals surface area (Å²) in [6.45, 7) is 2.41. The van der Waals surface area contributed by atoms with Gasteiger partial charge in [-0.2, -0.15) is 0 Å². The summed E-state index contributed by atoms with van der Waals surface area (Å²) in [5, 5.41) is 3.76. The molecule has 1 N–H and O–H groups in total. The van der Waals surface area contributed by atoms with Crippen molar-refractivity contribution in [1.82, 2.24) is 4.98 Å². The highest BCUT2D eigenvalue weighted by Crippen LogP contribution is 2.61. The number of anilines is 1. The second-order valence-electron chi connectivity index (χ2n) is 7.38. The van der Waals surface area contributed by atoms with Crippen LogP contribution >= 0.6 is 0 Å². The van der Waals surface area contributed by atoms with Gasteiger partial charge < -0.3 is 5.32 Å². The number of pyridine rings is 1. The van der Waals surface area contributed by atoms with Crippen molar-refractivity contribution in [2.45, 2.75) is 51.5 Å². The van der Waals surface area contributed by atoms with E-state index in [1.807, 2.05) is 12.4 Å². The summed E-state index contributed by atoms with van der Waals surface area (Å²) in [5.74, 6) is 3.11. The van der Waals surface area contributed by atoms with E-state index in [2.05, 4.69) is 29.4 Å². The number of nitrogens with one attached hydrogen (secondary N) is 1. The fourth-order valence-corrected chi connectivity index (χ4v) is 5.56. The smallest absolute Gasteiger partial charge is 0.0373 e. The molecule has 4 aliphatic carbocycles. The third-order valence-electron chi connectivity index (χ3n) is 6.07. The number of rotatable bonds is 3. The lowest BCUT2D eigenvalue weighted by Gasteiger charge is -2.59. The predicted molar refractivity (Wildman–Crippen MR) is 77.9 cm³/mol. The minimum absolute atomic E-state index is 0.581. The summed E-state index contributed by atoms with van der Waals surface area (Å²) in [6.07, 6.45) is 12.8. The number of hydrogen-bond acceptors (Lipinski definition) is 2. The molecular weight excluding hydrogens is 232 g/mol. The third-order valence-corrected chi connectivity index (χ3v) is 6.07. The van der Waals surface area contributed by atoms with Crippen molar-refractivity contribution < 1.29 is 0 Å². The molecule has 0 saturated heterocycles. The lowest BCUT2D eigenvalue weighted by atomic mass is 9.48. The highest BCUT2D eigenvalue weighted by atomic mass is 14.9. The molecule has 19 heavy (non-hydrogen) atoms. The van der Waals surface area contributed by atoms with Gasteiger partial charge >= 0.3 is 0 Å². The zero-order chi connectivity index (χ0) is 12.9. The molecule has 1 heterocycles. The van der Waals surface area contributed by atoms with Crippen molar-refractivity contribution in [3.63, 3.8) is 0 Å². The van der Waals surface area contributed by atoms with Gasteiger partial charge in [-0.25, -0.2) is 0 Å². The molecule has 1 aromatic rings. The van der Waals surface area contributed by atoms with E-state index in [1.54, 1.807) is 0 Å². The molecule has 0 spiro atoms. The average Bonchev–Trinajstić information content (AvgIpc) is 2.38. The lowest BCUT2D eigenvalue weighted by Crippen LogP contribution is -2.52. The Morgan fingerprint density at radius 3 is 2.11 bits per heavy atom. The first kappa shape index (κ1) is 11.7. The van der Waals surface area contributed by atoms with Gasteiger partial charge in [0.1, 0.15) is 0 Å². The molecule has 102 valence electrons. The number of hydrogen-bond donors (Lipinski definition) is 1.